The number of carbonyl (C=O) groups excluding carboxylic acids is 1. The summed E-state index contributed by atoms with van der Waals surface area (Å²) in [5.74, 6) is 1.72. The predicted molar refractivity (Wildman–Crippen MR) is 117 cm³/mol. The van der Waals surface area contributed by atoms with Crippen LogP contribution in [0.4, 0.5) is 5.13 Å². The number of aromatic nitrogens is 4. The molecule has 0 saturated heterocycles. The maximum Gasteiger partial charge on any atom is 0.236 e. The first kappa shape index (κ1) is 21.3. The highest BCUT2D eigenvalue weighted by Crippen LogP contribution is 2.23. The Labute approximate surface area is 178 Å². The number of thiazole rings is 1. The Morgan fingerprint density at radius 2 is 2.03 bits per heavy atom. The molecule has 2 aromatic heterocycles. The normalized spacial score (nSPS) is 10.9. The first-order chi connectivity index (χ1) is 13.9. The second-order valence-electron chi connectivity index (χ2n) is 6.70. The van der Waals surface area contributed by atoms with Crippen LogP contribution in [0.3, 0.4) is 0 Å². The topological polar surface area (TPSA) is 81.9 Å². The van der Waals surface area contributed by atoms with E-state index in [1.807, 2.05) is 51.3 Å². The van der Waals surface area contributed by atoms with Gasteiger partial charge in [0.05, 0.1) is 11.4 Å². The number of amides is 1. The van der Waals surface area contributed by atoms with Crippen LogP contribution in [0.25, 0.3) is 0 Å². The molecular weight excluding hydrogens is 406 g/mol. The summed E-state index contributed by atoms with van der Waals surface area (Å²) in [4.78, 5) is 17.7. The summed E-state index contributed by atoms with van der Waals surface area (Å²) in [6.45, 7) is 11.0. The van der Waals surface area contributed by atoms with Crippen LogP contribution >= 0.6 is 23.1 Å². The molecule has 3 aromatic rings. The fourth-order valence-electron chi connectivity index (χ4n) is 2.67. The molecule has 1 N–H and O–H groups in total. The van der Waals surface area contributed by atoms with Crippen LogP contribution in [0.15, 0.2) is 23.4 Å². The highest BCUT2D eigenvalue weighted by Gasteiger charge is 2.15. The van der Waals surface area contributed by atoms with E-state index in [1.165, 1.54) is 23.1 Å². The van der Waals surface area contributed by atoms with E-state index in [1.54, 1.807) is 0 Å². The third-order valence-corrected chi connectivity index (χ3v) is 6.37. The molecule has 0 saturated carbocycles. The van der Waals surface area contributed by atoms with Crippen molar-refractivity contribution in [2.75, 3.05) is 11.1 Å². The second kappa shape index (κ2) is 9.41. The summed E-state index contributed by atoms with van der Waals surface area (Å²) < 4.78 is 7.93. The fourth-order valence-corrected chi connectivity index (χ4v) is 4.32. The Hall–Kier alpha value is -2.39. The van der Waals surface area contributed by atoms with Gasteiger partial charge in [0.15, 0.2) is 16.1 Å². The summed E-state index contributed by atoms with van der Waals surface area (Å²) in [6, 6.07) is 6.12. The molecule has 2 heterocycles. The van der Waals surface area contributed by atoms with Gasteiger partial charge in [0.25, 0.3) is 0 Å². The van der Waals surface area contributed by atoms with Crippen molar-refractivity contribution in [2.24, 2.45) is 0 Å². The molecule has 154 valence electrons. The van der Waals surface area contributed by atoms with Crippen molar-refractivity contribution in [3.63, 3.8) is 0 Å². The summed E-state index contributed by atoms with van der Waals surface area (Å²) in [6.07, 6.45) is 0. The molecule has 0 atom stereocenters. The highest BCUT2D eigenvalue weighted by molar-refractivity contribution is 7.99. The molecule has 0 unspecified atom stereocenters. The van der Waals surface area contributed by atoms with Gasteiger partial charge in [-0.05, 0) is 51.8 Å². The first-order valence-corrected chi connectivity index (χ1v) is 11.2. The summed E-state index contributed by atoms with van der Waals surface area (Å²) in [7, 11) is 0. The minimum atomic E-state index is -0.109. The number of benzene rings is 1. The number of nitrogens with one attached hydrogen (secondary N) is 1. The van der Waals surface area contributed by atoms with Crippen molar-refractivity contribution in [1.82, 2.24) is 19.7 Å². The Bertz CT molecular complexity index is 993. The first-order valence-electron chi connectivity index (χ1n) is 9.36. The zero-order chi connectivity index (χ0) is 21.0. The highest BCUT2D eigenvalue weighted by atomic mass is 32.2. The number of ether oxygens (including phenoxy) is 1. The quantitative estimate of drug-likeness (QED) is 0.536. The average molecular weight is 432 g/mol. The Balaban J connectivity index is 1.60. The van der Waals surface area contributed by atoms with E-state index in [9.17, 15) is 4.79 Å². The van der Waals surface area contributed by atoms with Gasteiger partial charge in [0, 0.05) is 11.4 Å². The molecule has 0 aliphatic heterocycles. The van der Waals surface area contributed by atoms with Crippen LogP contribution in [0.5, 0.6) is 5.75 Å². The molecule has 0 radical (unpaired) electrons. The zero-order valence-electron chi connectivity index (χ0n) is 17.3. The number of rotatable bonds is 8. The van der Waals surface area contributed by atoms with E-state index in [4.69, 9.17) is 4.74 Å². The summed E-state index contributed by atoms with van der Waals surface area (Å²) >= 11 is 2.84. The van der Waals surface area contributed by atoms with Crippen molar-refractivity contribution in [3.8, 4) is 5.75 Å². The lowest BCUT2D eigenvalue weighted by Gasteiger charge is -2.11. The van der Waals surface area contributed by atoms with Crippen molar-refractivity contribution in [1.29, 1.82) is 0 Å². The van der Waals surface area contributed by atoms with Gasteiger partial charge in [-0.15, -0.1) is 21.5 Å². The largest absolute Gasteiger partial charge is 0.485 e. The summed E-state index contributed by atoms with van der Waals surface area (Å²) in [5.41, 5.74) is 3.17. The molecular formula is C20H25N5O2S2. The second-order valence-corrected chi connectivity index (χ2v) is 8.84. The van der Waals surface area contributed by atoms with Crippen LogP contribution in [0.1, 0.15) is 34.4 Å². The molecule has 1 amide bonds. The lowest BCUT2D eigenvalue weighted by atomic mass is 10.1. The molecule has 29 heavy (non-hydrogen) atoms. The SMILES string of the molecule is CCn1c(COc2cc(C)ccc2C)nnc1SCC(=O)Nc1nc(C)c(C)s1. The Morgan fingerprint density at radius 1 is 1.24 bits per heavy atom. The van der Waals surface area contributed by atoms with Gasteiger partial charge >= 0.3 is 0 Å². The molecule has 3 rings (SSSR count). The van der Waals surface area contributed by atoms with Crippen LogP contribution in [0.2, 0.25) is 0 Å². The van der Waals surface area contributed by atoms with Crippen molar-refractivity contribution in [3.05, 3.63) is 45.7 Å². The Kier molecular flexibility index (Phi) is 6.92. The molecule has 0 aliphatic carbocycles. The minimum Gasteiger partial charge on any atom is -0.485 e. The molecule has 0 spiro atoms. The van der Waals surface area contributed by atoms with Crippen LogP contribution in [-0.2, 0) is 17.9 Å². The van der Waals surface area contributed by atoms with E-state index < -0.39 is 0 Å². The third-order valence-electron chi connectivity index (χ3n) is 4.42. The molecule has 0 aliphatic rings. The van der Waals surface area contributed by atoms with Gasteiger partial charge in [0.2, 0.25) is 5.91 Å². The fraction of sp³-hybridized carbons (Fsp3) is 0.400. The zero-order valence-corrected chi connectivity index (χ0v) is 18.9. The standard InChI is InChI=1S/C20H25N5O2S2/c1-6-25-17(10-27-16-9-12(2)7-8-13(16)3)23-24-20(25)28-11-18(26)22-19-21-14(4)15(5)29-19/h7-9H,6,10-11H2,1-5H3,(H,21,22,26). The van der Waals surface area contributed by atoms with Gasteiger partial charge in [-0.3, -0.25) is 4.79 Å². The van der Waals surface area contributed by atoms with E-state index in [2.05, 4.69) is 26.6 Å². The maximum atomic E-state index is 12.2. The number of nitrogens with zero attached hydrogens (tertiary/aromatic N) is 4. The van der Waals surface area contributed by atoms with E-state index in [0.717, 1.165) is 33.3 Å². The minimum absolute atomic E-state index is 0.109. The number of aryl methyl sites for hydroxylation is 4. The van der Waals surface area contributed by atoms with Gasteiger partial charge < -0.3 is 14.6 Å². The number of thioether (sulfide) groups is 1. The van der Waals surface area contributed by atoms with Crippen molar-refractivity contribution in [2.45, 2.75) is 52.9 Å². The predicted octanol–water partition coefficient (Wildman–Crippen LogP) is 4.30. The molecule has 0 fully saturated rings. The van der Waals surface area contributed by atoms with Gasteiger partial charge in [-0.25, -0.2) is 4.98 Å². The average Bonchev–Trinajstić information content (AvgIpc) is 3.22. The number of carbonyl (C=O) groups is 1. The lowest BCUT2D eigenvalue weighted by molar-refractivity contribution is -0.113. The smallest absolute Gasteiger partial charge is 0.236 e. The van der Waals surface area contributed by atoms with Crippen LogP contribution < -0.4 is 10.1 Å². The van der Waals surface area contributed by atoms with Crippen molar-refractivity contribution < 1.29 is 9.53 Å². The number of hydrogen-bond acceptors (Lipinski definition) is 7. The number of hydrogen-bond donors (Lipinski definition) is 1. The third kappa shape index (κ3) is 5.36. The summed E-state index contributed by atoms with van der Waals surface area (Å²) in [5, 5.41) is 12.7. The van der Waals surface area contributed by atoms with Gasteiger partial charge in [0.1, 0.15) is 12.4 Å². The van der Waals surface area contributed by atoms with Gasteiger partial charge in [-0.1, -0.05) is 23.9 Å². The molecule has 0 bridgehead atoms. The van der Waals surface area contributed by atoms with Crippen LogP contribution in [-0.4, -0.2) is 31.4 Å². The van der Waals surface area contributed by atoms with E-state index in [-0.39, 0.29) is 11.7 Å². The number of anilines is 1. The van der Waals surface area contributed by atoms with E-state index >= 15 is 0 Å². The lowest BCUT2D eigenvalue weighted by Crippen LogP contribution is -2.14. The van der Waals surface area contributed by atoms with E-state index in [0.29, 0.717) is 23.4 Å². The molecule has 1 aromatic carbocycles. The molecule has 7 nitrogen and oxygen atoms in total. The molecule has 9 heteroatoms. The van der Waals surface area contributed by atoms with Gasteiger partial charge in [-0.2, -0.15) is 0 Å². The van der Waals surface area contributed by atoms with Crippen LogP contribution in [0, 0.1) is 27.7 Å². The van der Waals surface area contributed by atoms with Crippen molar-refractivity contribution >= 4 is 34.1 Å². The Morgan fingerprint density at radius 3 is 2.72 bits per heavy atom. The monoisotopic (exact) mass is 431 g/mol. The maximum absolute atomic E-state index is 12.2.